The van der Waals surface area contributed by atoms with Gasteiger partial charge in [-0.15, -0.1) is 0 Å². The average molecular weight is 405 g/mol. The van der Waals surface area contributed by atoms with E-state index < -0.39 is 0 Å². The van der Waals surface area contributed by atoms with Crippen molar-refractivity contribution in [3.63, 3.8) is 0 Å². The molecule has 2 aromatic rings. The van der Waals surface area contributed by atoms with Gasteiger partial charge in [0, 0.05) is 6.42 Å². The Morgan fingerprint density at radius 1 is 0.900 bits per heavy atom. The fourth-order valence-electron chi connectivity index (χ4n) is 5.31. The van der Waals surface area contributed by atoms with Crippen LogP contribution in [0.1, 0.15) is 97.3 Å². The van der Waals surface area contributed by atoms with Gasteiger partial charge in [-0.2, -0.15) is 0 Å². The minimum absolute atomic E-state index is 0.0380. The van der Waals surface area contributed by atoms with Gasteiger partial charge in [-0.25, -0.2) is 4.79 Å². The summed E-state index contributed by atoms with van der Waals surface area (Å²) >= 11 is 0. The summed E-state index contributed by atoms with van der Waals surface area (Å²) in [5.41, 5.74) is 6.03. The molecule has 1 aliphatic carbocycles. The Morgan fingerprint density at radius 3 is 2.30 bits per heavy atom. The van der Waals surface area contributed by atoms with E-state index in [2.05, 4.69) is 50.2 Å². The maximum Gasteiger partial charge on any atom is 0.338 e. The highest BCUT2D eigenvalue weighted by atomic mass is 16.5. The summed E-state index contributed by atoms with van der Waals surface area (Å²) in [7, 11) is 0. The van der Waals surface area contributed by atoms with Gasteiger partial charge in [0.15, 0.2) is 0 Å². The number of ether oxygens (including phenoxy) is 1. The number of benzene rings is 2. The van der Waals surface area contributed by atoms with E-state index in [1.807, 2.05) is 6.07 Å². The number of carbonyl (C=O) groups is 1. The molecule has 1 atom stereocenters. The molecule has 0 amide bonds. The van der Waals surface area contributed by atoms with Crippen LogP contribution in [0.3, 0.4) is 0 Å². The molecule has 1 aliphatic heterocycles. The van der Waals surface area contributed by atoms with Crippen LogP contribution in [-0.2, 0) is 24.0 Å². The number of cyclic esters (lactones) is 1. The third kappa shape index (κ3) is 4.96. The first-order valence-corrected chi connectivity index (χ1v) is 12.1. The van der Waals surface area contributed by atoms with E-state index >= 15 is 0 Å². The lowest BCUT2D eigenvalue weighted by atomic mass is 9.77. The standard InChI is InChI=1S/C28H36O2/c1-3-5-20-8-13-23(14-9-20)24-15-10-21(11-16-24)6-7-22-12-17-25-19-26(4-2)30-28(29)27(25)18-22/h10-12,15-18,20,23,26H,3-9,13-14,19H2,1-2H3. The predicted octanol–water partition coefficient (Wildman–Crippen LogP) is 7.04. The second-order valence-electron chi connectivity index (χ2n) is 9.38. The lowest BCUT2D eigenvalue weighted by molar-refractivity contribution is 0.0249. The third-order valence-corrected chi connectivity index (χ3v) is 7.27. The number of carbonyl (C=O) groups excluding carboxylic acids is 1. The molecule has 1 saturated carbocycles. The number of hydrogen-bond acceptors (Lipinski definition) is 2. The fraction of sp³-hybridized carbons (Fsp3) is 0.536. The topological polar surface area (TPSA) is 26.3 Å². The number of hydrogen-bond donors (Lipinski definition) is 0. The van der Waals surface area contributed by atoms with Crippen LogP contribution in [0.5, 0.6) is 0 Å². The minimum atomic E-state index is -0.150. The molecule has 1 fully saturated rings. The number of aryl methyl sites for hydroxylation is 2. The van der Waals surface area contributed by atoms with Crippen LogP contribution < -0.4 is 0 Å². The van der Waals surface area contributed by atoms with Gasteiger partial charge in [-0.1, -0.05) is 63.1 Å². The van der Waals surface area contributed by atoms with Gasteiger partial charge in [-0.05, 0) is 85.1 Å². The Balaban J connectivity index is 1.33. The lowest BCUT2D eigenvalue weighted by Gasteiger charge is -2.28. The SMILES string of the molecule is CCCC1CCC(c2ccc(CCc3ccc4c(c3)C(=O)OC(CC)C4)cc2)CC1. The number of fused-ring (bicyclic) bond motifs is 1. The van der Waals surface area contributed by atoms with Gasteiger partial charge in [0.1, 0.15) is 6.10 Å². The second kappa shape index (κ2) is 9.81. The van der Waals surface area contributed by atoms with E-state index in [1.54, 1.807) is 0 Å². The van der Waals surface area contributed by atoms with Crippen molar-refractivity contribution in [1.29, 1.82) is 0 Å². The summed E-state index contributed by atoms with van der Waals surface area (Å²) in [6.45, 7) is 4.38. The zero-order valence-electron chi connectivity index (χ0n) is 18.7. The molecular formula is C28H36O2. The first kappa shape index (κ1) is 21.2. The first-order chi connectivity index (χ1) is 14.7. The lowest BCUT2D eigenvalue weighted by Crippen LogP contribution is -2.27. The summed E-state index contributed by atoms with van der Waals surface area (Å²) < 4.78 is 5.53. The Morgan fingerprint density at radius 2 is 1.60 bits per heavy atom. The first-order valence-electron chi connectivity index (χ1n) is 12.1. The van der Waals surface area contributed by atoms with Crippen LogP contribution in [0, 0.1) is 5.92 Å². The average Bonchev–Trinajstić information content (AvgIpc) is 2.79. The van der Waals surface area contributed by atoms with Crippen LogP contribution in [-0.4, -0.2) is 12.1 Å². The molecule has 2 aromatic carbocycles. The largest absolute Gasteiger partial charge is 0.458 e. The third-order valence-electron chi connectivity index (χ3n) is 7.27. The highest BCUT2D eigenvalue weighted by Gasteiger charge is 2.25. The van der Waals surface area contributed by atoms with E-state index in [-0.39, 0.29) is 12.1 Å². The molecule has 0 bridgehead atoms. The van der Waals surface area contributed by atoms with Crippen molar-refractivity contribution >= 4 is 5.97 Å². The molecule has 1 unspecified atom stereocenters. The van der Waals surface area contributed by atoms with Gasteiger partial charge < -0.3 is 4.74 Å². The van der Waals surface area contributed by atoms with Crippen molar-refractivity contribution in [2.45, 2.75) is 90.1 Å². The Hall–Kier alpha value is -2.09. The van der Waals surface area contributed by atoms with Crippen molar-refractivity contribution in [1.82, 2.24) is 0 Å². The summed E-state index contributed by atoms with van der Waals surface area (Å²) in [6, 6.07) is 15.7. The van der Waals surface area contributed by atoms with Crippen molar-refractivity contribution in [2.24, 2.45) is 5.92 Å². The zero-order chi connectivity index (χ0) is 20.9. The molecule has 0 N–H and O–H groups in total. The molecule has 2 nitrogen and oxygen atoms in total. The zero-order valence-corrected chi connectivity index (χ0v) is 18.7. The molecular weight excluding hydrogens is 368 g/mol. The van der Waals surface area contributed by atoms with Crippen molar-refractivity contribution < 1.29 is 9.53 Å². The van der Waals surface area contributed by atoms with Gasteiger partial charge in [0.25, 0.3) is 0 Å². The molecule has 4 rings (SSSR count). The van der Waals surface area contributed by atoms with Crippen LogP contribution >= 0.6 is 0 Å². The van der Waals surface area contributed by atoms with Crippen LogP contribution in [0.4, 0.5) is 0 Å². The summed E-state index contributed by atoms with van der Waals surface area (Å²) in [4.78, 5) is 12.3. The second-order valence-corrected chi connectivity index (χ2v) is 9.38. The van der Waals surface area contributed by atoms with E-state index in [0.717, 1.165) is 48.6 Å². The highest BCUT2D eigenvalue weighted by Crippen LogP contribution is 2.37. The van der Waals surface area contributed by atoms with Gasteiger partial charge in [0.05, 0.1) is 5.56 Å². The summed E-state index contributed by atoms with van der Waals surface area (Å²) in [6.07, 6.45) is 12.0. The quantitative estimate of drug-likeness (QED) is 0.463. The molecule has 0 spiro atoms. The highest BCUT2D eigenvalue weighted by molar-refractivity contribution is 5.92. The van der Waals surface area contributed by atoms with Crippen LogP contribution in [0.15, 0.2) is 42.5 Å². The van der Waals surface area contributed by atoms with Gasteiger partial charge in [0.2, 0.25) is 0 Å². The molecule has 0 aromatic heterocycles. The molecule has 30 heavy (non-hydrogen) atoms. The van der Waals surface area contributed by atoms with Gasteiger partial charge >= 0.3 is 5.97 Å². The number of esters is 1. The Bertz CT molecular complexity index is 843. The predicted molar refractivity (Wildman–Crippen MR) is 123 cm³/mol. The molecule has 2 aliphatic rings. The molecule has 1 heterocycles. The summed E-state index contributed by atoms with van der Waals surface area (Å²) in [5, 5.41) is 0. The van der Waals surface area contributed by atoms with Crippen molar-refractivity contribution in [2.75, 3.05) is 0 Å². The van der Waals surface area contributed by atoms with Gasteiger partial charge in [-0.3, -0.25) is 0 Å². The molecule has 2 heteroatoms. The Kier molecular flexibility index (Phi) is 6.92. The maximum atomic E-state index is 12.3. The molecule has 160 valence electrons. The molecule has 0 radical (unpaired) electrons. The van der Waals surface area contributed by atoms with Crippen molar-refractivity contribution in [3.05, 3.63) is 70.3 Å². The fourth-order valence-corrected chi connectivity index (χ4v) is 5.31. The maximum absolute atomic E-state index is 12.3. The monoisotopic (exact) mass is 404 g/mol. The minimum Gasteiger partial charge on any atom is -0.458 e. The van der Waals surface area contributed by atoms with E-state index in [4.69, 9.17) is 4.74 Å². The van der Waals surface area contributed by atoms with E-state index in [9.17, 15) is 4.79 Å². The Labute approximate surface area is 182 Å². The normalized spacial score (nSPS) is 23.7. The smallest absolute Gasteiger partial charge is 0.338 e. The van der Waals surface area contributed by atoms with E-state index in [1.165, 1.54) is 55.2 Å². The van der Waals surface area contributed by atoms with Crippen molar-refractivity contribution in [3.8, 4) is 0 Å². The van der Waals surface area contributed by atoms with Crippen LogP contribution in [0.2, 0.25) is 0 Å². The van der Waals surface area contributed by atoms with Crippen LogP contribution in [0.25, 0.3) is 0 Å². The summed E-state index contributed by atoms with van der Waals surface area (Å²) in [5.74, 6) is 1.57. The van der Waals surface area contributed by atoms with E-state index in [0.29, 0.717) is 0 Å². The number of rotatable bonds is 7. The molecule has 0 saturated heterocycles.